The number of nitrogens with zero attached hydrogens (tertiary/aromatic N) is 5. The number of fused-ring (bicyclic) bond motifs is 2. The molecule has 0 bridgehead atoms. The van der Waals surface area contributed by atoms with Crippen LogP contribution in [0.4, 0.5) is 5.82 Å². The van der Waals surface area contributed by atoms with Gasteiger partial charge in [0.1, 0.15) is 15.8 Å². The van der Waals surface area contributed by atoms with Crippen LogP contribution in [0.5, 0.6) is 11.5 Å². The zero-order valence-electron chi connectivity index (χ0n) is 20.1. The molecule has 1 saturated heterocycles. The third-order valence-corrected chi connectivity index (χ3v) is 7.52. The van der Waals surface area contributed by atoms with Crippen LogP contribution in [-0.2, 0) is 17.9 Å². The molecule has 6 rings (SSSR count). The topological polar surface area (TPSA) is 103 Å². The quantitative estimate of drug-likeness (QED) is 0.202. The van der Waals surface area contributed by atoms with Gasteiger partial charge in [0.15, 0.2) is 11.5 Å². The molecule has 1 aromatic carbocycles. The van der Waals surface area contributed by atoms with Crippen molar-refractivity contribution in [2.24, 2.45) is 0 Å². The van der Waals surface area contributed by atoms with E-state index in [2.05, 4.69) is 15.3 Å². The van der Waals surface area contributed by atoms with E-state index in [0.29, 0.717) is 44.3 Å². The maximum Gasteiger partial charge on any atom is 0.267 e. The van der Waals surface area contributed by atoms with Crippen molar-refractivity contribution in [1.29, 1.82) is 0 Å². The maximum absolute atomic E-state index is 13.5. The lowest BCUT2D eigenvalue weighted by molar-refractivity contribution is -0.122. The van der Waals surface area contributed by atoms with Crippen LogP contribution in [-0.4, -0.2) is 47.4 Å². The van der Waals surface area contributed by atoms with Crippen molar-refractivity contribution in [3.05, 3.63) is 87.7 Å². The Balaban J connectivity index is 1.27. The fourth-order valence-corrected chi connectivity index (χ4v) is 5.48. The molecule has 38 heavy (non-hydrogen) atoms. The molecule has 0 spiro atoms. The molecular formula is C26H22N6O4S2. The number of aryl methyl sites for hydroxylation is 1. The molecule has 5 heterocycles. The van der Waals surface area contributed by atoms with Crippen LogP contribution in [0, 0.1) is 0 Å². The summed E-state index contributed by atoms with van der Waals surface area (Å²) in [6.45, 7) is 1.82. The van der Waals surface area contributed by atoms with Gasteiger partial charge in [-0.15, -0.1) is 0 Å². The van der Waals surface area contributed by atoms with E-state index in [4.69, 9.17) is 21.7 Å². The zero-order valence-corrected chi connectivity index (χ0v) is 21.7. The maximum atomic E-state index is 13.5. The predicted molar refractivity (Wildman–Crippen MR) is 148 cm³/mol. The van der Waals surface area contributed by atoms with Gasteiger partial charge in [-0.2, -0.15) is 0 Å². The molecular weight excluding hydrogens is 524 g/mol. The smallest absolute Gasteiger partial charge is 0.267 e. The lowest BCUT2D eigenvalue weighted by atomic mass is 10.2. The van der Waals surface area contributed by atoms with E-state index in [-0.39, 0.29) is 24.8 Å². The zero-order chi connectivity index (χ0) is 26.1. The summed E-state index contributed by atoms with van der Waals surface area (Å²) in [5, 5.41) is 3.29. The number of carbonyl (C=O) groups is 1. The first-order valence-electron chi connectivity index (χ1n) is 11.9. The monoisotopic (exact) mass is 546 g/mol. The number of nitrogens with one attached hydrogen (secondary N) is 1. The number of ether oxygens (including phenoxy) is 2. The SMILES string of the molecule is O=C1/C(=C/c2c(NCCCn3ccnc3)nc3ccccn3c2=O)SC(=S)N1Cc1ccc2c(c1)OCO2. The highest BCUT2D eigenvalue weighted by atomic mass is 32.2. The Kier molecular flexibility index (Phi) is 6.56. The first-order chi connectivity index (χ1) is 18.6. The Labute approximate surface area is 226 Å². The third kappa shape index (κ3) is 4.75. The van der Waals surface area contributed by atoms with Crippen LogP contribution in [0.15, 0.2) is 71.0 Å². The van der Waals surface area contributed by atoms with Crippen molar-refractivity contribution in [3.63, 3.8) is 0 Å². The summed E-state index contributed by atoms with van der Waals surface area (Å²) in [5.41, 5.74) is 1.41. The molecule has 0 aliphatic carbocycles. The summed E-state index contributed by atoms with van der Waals surface area (Å²) >= 11 is 6.70. The molecule has 0 atom stereocenters. The number of benzene rings is 1. The van der Waals surface area contributed by atoms with E-state index in [0.717, 1.165) is 18.5 Å². The summed E-state index contributed by atoms with van der Waals surface area (Å²) in [7, 11) is 0. The van der Waals surface area contributed by atoms with Crippen molar-refractivity contribution >= 4 is 51.7 Å². The van der Waals surface area contributed by atoms with Crippen LogP contribution < -0.4 is 20.3 Å². The minimum Gasteiger partial charge on any atom is -0.454 e. The Morgan fingerprint density at radius 2 is 2.03 bits per heavy atom. The molecule has 10 nitrogen and oxygen atoms in total. The van der Waals surface area contributed by atoms with Gasteiger partial charge in [0.2, 0.25) is 6.79 Å². The average molecular weight is 547 g/mol. The van der Waals surface area contributed by atoms with E-state index in [1.807, 2.05) is 35.0 Å². The molecule has 4 aromatic rings. The van der Waals surface area contributed by atoms with Gasteiger partial charge in [0, 0.05) is 31.7 Å². The molecule has 1 amide bonds. The molecule has 0 unspecified atom stereocenters. The van der Waals surface area contributed by atoms with Gasteiger partial charge >= 0.3 is 0 Å². The summed E-state index contributed by atoms with van der Waals surface area (Å²) in [4.78, 5) is 37.4. The van der Waals surface area contributed by atoms with Crippen LogP contribution in [0.1, 0.15) is 17.5 Å². The lowest BCUT2D eigenvalue weighted by Crippen LogP contribution is -2.27. The number of amides is 1. The number of imidazole rings is 1. The van der Waals surface area contributed by atoms with Gasteiger partial charge in [0.25, 0.3) is 11.5 Å². The molecule has 3 aromatic heterocycles. The average Bonchev–Trinajstić information content (AvgIpc) is 3.67. The van der Waals surface area contributed by atoms with Gasteiger partial charge in [0.05, 0.1) is 23.3 Å². The molecule has 0 saturated carbocycles. The van der Waals surface area contributed by atoms with Crippen molar-refractivity contribution < 1.29 is 14.3 Å². The number of hydrogen-bond acceptors (Lipinski definition) is 9. The highest BCUT2D eigenvalue weighted by molar-refractivity contribution is 8.26. The Hall–Kier alpha value is -4.16. The van der Waals surface area contributed by atoms with Gasteiger partial charge in [-0.05, 0) is 42.3 Å². The summed E-state index contributed by atoms with van der Waals surface area (Å²) in [6.07, 6.45) is 9.44. The van der Waals surface area contributed by atoms with Crippen molar-refractivity contribution in [3.8, 4) is 11.5 Å². The minimum atomic E-state index is -0.270. The van der Waals surface area contributed by atoms with Crippen molar-refractivity contribution in [1.82, 2.24) is 23.8 Å². The molecule has 0 radical (unpaired) electrons. The van der Waals surface area contributed by atoms with Gasteiger partial charge in [-0.3, -0.25) is 18.9 Å². The van der Waals surface area contributed by atoms with E-state index < -0.39 is 0 Å². The third-order valence-electron chi connectivity index (χ3n) is 6.14. The normalized spacial score (nSPS) is 15.7. The lowest BCUT2D eigenvalue weighted by Gasteiger charge is -2.15. The van der Waals surface area contributed by atoms with Crippen molar-refractivity contribution in [2.75, 3.05) is 18.7 Å². The Morgan fingerprint density at radius 3 is 2.89 bits per heavy atom. The summed E-state index contributed by atoms with van der Waals surface area (Å²) < 4.78 is 14.7. The van der Waals surface area contributed by atoms with Crippen LogP contribution in [0.25, 0.3) is 11.7 Å². The first-order valence-corrected chi connectivity index (χ1v) is 13.1. The van der Waals surface area contributed by atoms with Crippen LogP contribution >= 0.6 is 24.0 Å². The fourth-order valence-electron chi connectivity index (χ4n) is 4.24. The predicted octanol–water partition coefficient (Wildman–Crippen LogP) is 3.52. The van der Waals surface area contributed by atoms with Crippen LogP contribution in [0.3, 0.4) is 0 Å². The van der Waals surface area contributed by atoms with Gasteiger partial charge in [-0.1, -0.05) is 36.1 Å². The fraction of sp³-hybridized carbons (Fsp3) is 0.192. The molecule has 12 heteroatoms. The molecule has 2 aliphatic rings. The Morgan fingerprint density at radius 1 is 1.13 bits per heavy atom. The van der Waals surface area contributed by atoms with Gasteiger partial charge < -0.3 is 19.4 Å². The van der Waals surface area contributed by atoms with E-state index in [1.54, 1.807) is 36.9 Å². The highest BCUT2D eigenvalue weighted by Crippen LogP contribution is 2.36. The summed E-state index contributed by atoms with van der Waals surface area (Å²) in [5.74, 6) is 1.48. The number of pyridine rings is 1. The minimum absolute atomic E-state index is 0.178. The Bertz CT molecular complexity index is 1630. The second kappa shape index (κ2) is 10.3. The van der Waals surface area contributed by atoms with E-state index in [1.165, 1.54) is 21.1 Å². The van der Waals surface area contributed by atoms with Gasteiger partial charge in [-0.25, -0.2) is 9.97 Å². The highest BCUT2D eigenvalue weighted by Gasteiger charge is 2.33. The largest absolute Gasteiger partial charge is 0.454 e. The molecule has 1 fully saturated rings. The number of anilines is 1. The first kappa shape index (κ1) is 24.2. The van der Waals surface area contributed by atoms with E-state index >= 15 is 0 Å². The number of hydrogen-bond donors (Lipinski definition) is 1. The number of aromatic nitrogens is 4. The second-order valence-electron chi connectivity index (χ2n) is 8.64. The molecule has 192 valence electrons. The number of carbonyl (C=O) groups excluding carboxylic acids is 1. The van der Waals surface area contributed by atoms with Crippen molar-refractivity contribution in [2.45, 2.75) is 19.5 Å². The van der Waals surface area contributed by atoms with Crippen LogP contribution in [0.2, 0.25) is 0 Å². The number of thioether (sulfide) groups is 1. The number of rotatable bonds is 8. The molecule has 2 aliphatic heterocycles. The van der Waals surface area contributed by atoms with E-state index in [9.17, 15) is 9.59 Å². The number of thiocarbonyl (C=S) groups is 1. The standard InChI is InChI=1S/C26H22N6O4S2/c33-24-18(23(29-22-4-1-2-10-31(22)24)28-7-3-9-30-11-8-27-15-30)13-21-25(34)32(26(37)38-21)14-17-5-6-19-20(12-17)36-16-35-19/h1-2,4-6,8,10-13,15,28H,3,7,9,14,16H2/b21-13-. The summed E-state index contributed by atoms with van der Waals surface area (Å²) in [6, 6.07) is 10.9. The molecule has 1 N–H and O–H groups in total. The second-order valence-corrected chi connectivity index (χ2v) is 10.3.